The Balaban J connectivity index is 1.79. The zero-order chi connectivity index (χ0) is 14.0. The number of nitrogens with zero attached hydrogens (tertiary/aromatic N) is 1. The SMILES string of the molecule is CCCNC(CCc1ccncc1)CC1CCCCC1. The zero-order valence-corrected chi connectivity index (χ0v) is 13.0. The molecular formula is C18H30N2. The summed E-state index contributed by atoms with van der Waals surface area (Å²) in [6, 6.07) is 5.00. The molecule has 1 atom stereocenters. The maximum atomic E-state index is 4.10. The van der Waals surface area contributed by atoms with Gasteiger partial charge in [0.15, 0.2) is 0 Å². The Hall–Kier alpha value is -0.890. The number of nitrogens with one attached hydrogen (secondary N) is 1. The van der Waals surface area contributed by atoms with E-state index in [0.29, 0.717) is 6.04 Å². The summed E-state index contributed by atoms with van der Waals surface area (Å²) in [6.45, 7) is 3.42. The van der Waals surface area contributed by atoms with Gasteiger partial charge in [-0.05, 0) is 55.8 Å². The van der Waals surface area contributed by atoms with Gasteiger partial charge in [-0.15, -0.1) is 0 Å². The Labute approximate surface area is 124 Å². The van der Waals surface area contributed by atoms with Crippen LogP contribution in [0.25, 0.3) is 0 Å². The molecule has 1 aromatic heterocycles. The molecule has 1 heterocycles. The first-order chi connectivity index (χ1) is 9.88. The lowest BCUT2D eigenvalue weighted by Crippen LogP contribution is -2.32. The molecule has 2 heteroatoms. The van der Waals surface area contributed by atoms with Crippen molar-refractivity contribution in [3.8, 4) is 0 Å². The summed E-state index contributed by atoms with van der Waals surface area (Å²) >= 11 is 0. The minimum absolute atomic E-state index is 0.700. The summed E-state index contributed by atoms with van der Waals surface area (Å²) in [6.07, 6.45) is 16.2. The van der Waals surface area contributed by atoms with Gasteiger partial charge in [0.2, 0.25) is 0 Å². The van der Waals surface area contributed by atoms with Crippen molar-refractivity contribution in [2.75, 3.05) is 6.54 Å². The molecule has 0 aromatic carbocycles. The highest BCUT2D eigenvalue weighted by atomic mass is 14.9. The van der Waals surface area contributed by atoms with Gasteiger partial charge in [-0.2, -0.15) is 0 Å². The normalized spacial score (nSPS) is 18.1. The molecule has 2 rings (SSSR count). The van der Waals surface area contributed by atoms with E-state index in [4.69, 9.17) is 0 Å². The molecule has 20 heavy (non-hydrogen) atoms. The number of pyridine rings is 1. The monoisotopic (exact) mass is 274 g/mol. The smallest absolute Gasteiger partial charge is 0.0270 e. The van der Waals surface area contributed by atoms with E-state index in [9.17, 15) is 0 Å². The van der Waals surface area contributed by atoms with Crippen LogP contribution in [0.4, 0.5) is 0 Å². The van der Waals surface area contributed by atoms with Gasteiger partial charge in [0.1, 0.15) is 0 Å². The first-order valence-electron chi connectivity index (χ1n) is 8.50. The van der Waals surface area contributed by atoms with Crippen molar-refractivity contribution in [1.29, 1.82) is 0 Å². The third-order valence-corrected chi connectivity index (χ3v) is 4.56. The van der Waals surface area contributed by atoms with Crippen LogP contribution in [-0.2, 0) is 6.42 Å². The van der Waals surface area contributed by atoms with E-state index in [2.05, 4.69) is 29.4 Å². The van der Waals surface area contributed by atoms with Crippen LogP contribution in [0.2, 0.25) is 0 Å². The van der Waals surface area contributed by atoms with Crippen molar-refractivity contribution in [3.63, 3.8) is 0 Å². The van der Waals surface area contributed by atoms with E-state index in [-0.39, 0.29) is 0 Å². The molecule has 0 saturated heterocycles. The van der Waals surface area contributed by atoms with Gasteiger partial charge in [-0.25, -0.2) is 0 Å². The zero-order valence-electron chi connectivity index (χ0n) is 13.0. The lowest BCUT2D eigenvalue weighted by molar-refractivity contribution is 0.291. The molecule has 0 aliphatic heterocycles. The second kappa shape index (κ2) is 9.12. The van der Waals surface area contributed by atoms with Gasteiger partial charge >= 0.3 is 0 Å². The van der Waals surface area contributed by atoms with E-state index in [0.717, 1.165) is 12.5 Å². The largest absolute Gasteiger partial charge is 0.314 e. The van der Waals surface area contributed by atoms with Crippen LogP contribution in [0.5, 0.6) is 0 Å². The number of rotatable bonds is 8. The average Bonchev–Trinajstić information content (AvgIpc) is 2.52. The number of hydrogen-bond donors (Lipinski definition) is 1. The Morgan fingerprint density at radius 3 is 2.65 bits per heavy atom. The molecule has 1 unspecified atom stereocenters. The van der Waals surface area contributed by atoms with Gasteiger partial charge in [0, 0.05) is 18.4 Å². The maximum Gasteiger partial charge on any atom is 0.0270 e. The fourth-order valence-electron chi connectivity index (χ4n) is 3.37. The lowest BCUT2D eigenvalue weighted by Gasteiger charge is -2.27. The fourth-order valence-corrected chi connectivity index (χ4v) is 3.37. The van der Waals surface area contributed by atoms with Crippen molar-refractivity contribution in [2.24, 2.45) is 5.92 Å². The van der Waals surface area contributed by atoms with E-state index in [1.165, 1.54) is 63.4 Å². The summed E-state index contributed by atoms with van der Waals surface area (Å²) < 4.78 is 0. The number of hydrogen-bond acceptors (Lipinski definition) is 2. The molecule has 0 amide bonds. The van der Waals surface area contributed by atoms with Crippen molar-refractivity contribution in [1.82, 2.24) is 10.3 Å². The Morgan fingerprint density at radius 2 is 1.95 bits per heavy atom. The van der Waals surface area contributed by atoms with E-state index >= 15 is 0 Å². The minimum atomic E-state index is 0.700. The second-order valence-electron chi connectivity index (χ2n) is 6.28. The molecule has 2 nitrogen and oxygen atoms in total. The Kier molecular flexibility index (Phi) is 7.07. The molecule has 112 valence electrons. The third-order valence-electron chi connectivity index (χ3n) is 4.56. The summed E-state index contributed by atoms with van der Waals surface area (Å²) in [4.78, 5) is 4.10. The highest BCUT2D eigenvalue weighted by Gasteiger charge is 2.18. The Bertz CT molecular complexity index is 344. The summed E-state index contributed by atoms with van der Waals surface area (Å²) in [5, 5.41) is 3.77. The van der Waals surface area contributed by atoms with Crippen LogP contribution < -0.4 is 5.32 Å². The van der Waals surface area contributed by atoms with Crippen LogP contribution >= 0.6 is 0 Å². The minimum Gasteiger partial charge on any atom is -0.314 e. The van der Waals surface area contributed by atoms with E-state index in [1.807, 2.05) is 12.4 Å². The molecule has 0 radical (unpaired) electrons. The topological polar surface area (TPSA) is 24.9 Å². The van der Waals surface area contributed by atoms with Crippen LogP contribution in [-0.4, -0.2) is 17.6 Å². The van der Waals surface area contributed by atoms with Crippen LogP contribution in [0.3, 0.4) is 0 Å². The molecule has 0 bridgehead atoms. The standard InChI is InChI=1S/C18H30N2/c1-2-12-20-18(15-17-6-4-3-5-7-17)9-8-16-10-13-19-14-11-16/h10-11,13-14,17-18,20H,2-9,12,15H2,1H3. The average molecular weight is 274 g/mol. The summed E-state index contributed by atoms with van der Waals surface area (Å²) in [5.41, 5.74) is 1.42. The summed E-state index contributed by atoms with van der Waals surface area (Å²) in [7, 11) is 0. The number of aryl methyl sites for hydroxylation is 1. The van der Waals surface area contributed by atoms with Gasteiger partial charge in [-0.3, -0.25) is 4.98 Å². The molecule has 0 spiro atoms. The fraction of sp³-hybridized carbons (Fsp3) is 0.722. The van der Waals surface area contributed by atoms with Gasteiger partial charge < -0.3 is 5.32 Å². The van der Waals surface area contributed by atoms with Crippen molar-refractivity contribution >= 4 is 0 Å². The molecule has 1 aromatic rings. The molecule has 1 aliphatic carbocycles. The molecule has 1 aliphatic rings. The van der Waals surface area contributed by atoms with Crippen LogP contribution in [0.1, 0.15) is 63.9 Å². The Morgan fingerprint density at radius 1 is 1.20 bits per heavy atom. The van der Waals surface area contributed by atoms with E-state index < -0.39 is 0 Å². The lowest BCUT2D eigenvalue weighted by atomic mass is 9.83. The summed E-state index contributed by atoms with van der Waals surface area (Å²) in [5.74, 6) is 0.968. The number of aromatic nitrogens is 1. The van der Waals surface area contributed by atoms with Crippen molar-refractivity contribution < 1.29 is 0 Å². The first-order valence-corrected chi connectivity index (χ1v) is 8.50. The highest BCUT2D eigenvalue weighted by Crippen LogP contribution is 2.28. The van der Waals surface area contributed by atoms with E-state index in [1.54, 1.807) is 0 Å². The first kappa shape index (κ1) is 15.5. The van der Waals surface area contributed by atoms with Crippen molar-refractivity contribution in [2.45, 2.75) is 70.8 Å². The van der Waals surface area contributed by atoms with Gasteiger partial charge in [0.25, 0.3) is 0 Å². The molecule has 1 N–H and O–H groups in total. The second-order valence-corrected chi connectivity index (χ2v) is 6.28. The van der Waals surface area contributed by atoms with Crippen molar-refractivity contribution in [3.05, 3.63) is 30.1 Å². The third kappa shape index (κ3) is 5.62. The molecule has 1 fully saturated rings. The maximum absolute atomic E-state index is 4.10. The van der Waals surface area contributed by atoms with Gasteiger partial charge in [-0.1, -0.05) is 39.0 Å². The van der Waals surface area contributed by atoms with Gasteiger partial charge in [0.05, 0.1) is 0 Å². The van der Waals surface area contributed by atoms with Crippen LogP contribution in [0, 0.1) is 5.92 Å². The highest BCUT2D eigenvalue weighted by molar-refractivity contribution is 5.09. The molecule has 1 saturated carbocycles. The predicted molar refractivity (Wildman–Crippen MR) is 85.8 cm³/mol. The van der Waals surface area contributed by atoms with Crippen LogP contribution in [0.15, 0.2) is 24.5 Å². The quantitative estimate of drug-likeness (QED) is 0.762. The molecular weight excluding hydrogens is 244 g/mol. The predicted octanol–water partition coefficient (Wildman–Crippen LogP) is 4.35.